The van der Waals surface area contributed by atoms with Gasteiger partial charge >= 0.3 is 0 Å². The van der Waals surface area contributed by atoms with Crippen molar-refractivity contribution in [2.45, 2.75) is 26.3 Å². The lowest BCUT2D eigenvalue weighted by Gasteiger charge is -2.22. The fourth-order valence-electron chi connectivity index (χ4n) is 3.64. The molecule has 0 fully saturated rings. The van der Waals surface area contributed by atoms with Gasteiger partial charge in [0.15, 0.2) is 11.5 Å². The molecule has 9 heteroatoms. The number of halogens is 1. The summed E-state index contributed by atoms with van der Waals surface area (Å²) in [6.45, 7) is 3.45. The van der Waals surface area contributed by atoms with E-state index >= 15 is 0 Å². The predicted molar refractivity (Wildman–Crippen MR) is 120 cm³/mol. The van der Waals surface area contributed by atoms with E-state index in [2.05, 4.69) is 30.2 Å². The Morgan fingerprint density at radius 1 is 1.19 bits per heavy atom. The standard InChI is InChI=1S/C23H20FN7O/c1-3-16(29-21-19-20(26-12-25-19)27-13(2)28-21)22-30-17-11-7-10-15(24)18(17)23(32)31(22)14-8-5-4-6-9-14/h4-12,16H,3H2,1-2H3,(H2,25,26,27,28,29)/t16-/m0/s1/i12D,16D. The van der Waals surface area contributed by atoms with Gasteiger partial charge in [0, 0.05) is 0 Å². The number of aromatic amines is 1. The van der Waals surface area contributed by atoms with Crippen molar-refractivity contribution in [3.8, 4) is 5.69 Å². The second kappa shape index (κ2) is 7.84. The number of benzene rings is 2. The Morgan fingerprint density at radius 3 is 2.78 bits per heavy atom. The molecule has 2 N–H and O–H groups in total. The van der Waals surface area contributed by atoms with Gasteiger partial charge in [-0.1, -0.05) is 31.2 Å². The summed E-state index contributed by atoms with van der Waals surface area (Å²) >= 11 is 0. The van der Waals surface area contributed by atoms with Crippen LogP contribution in [0.4, 0.5) is 10.2 Å². The summed E-state index contributed by atoms with van der Waals surface area (Å²) in [5, 5.41) is 2.92. The molecule has 0 aliphatic carbocycles. The lowest BCUT2D eigenvalue weighted by atomic mass is 10.1. The van der Waals surface area contributed by atoms with Crippen LogP contribution in [-0.2, 0) is 0 Å². The summed E-state index contributed by atoms with van der Waals surface area (Å²) in [4.78, 5) is 33.7. The summed E-state index contributed by atoms with van der Waals surface area (Å²) in [6, 6.07) is 11.3. The van der Waals surface area contributed by atoms with E-state index in [0.717, 1.165) is 0 Å². The van der Waals surface area contributed by atoms with Crippen LogP contribution in [0.15, 0.2) is 59.6 Å². The molecule has 0 amide bonds. The van der Waals surface area contributed by atoms with Gasteiger partial charge in [0.25, 0.3) is 5.56 Å². The Bertz CT molecular complexity index is 1600. The third kappa shape index (κ3) is 3.27. The van der Waals surface area contributed by atoms with Crippen molar-refractivity contribution in [2.24, 2.45) is 0 Å². The first-order valence-electron chi connectivity index (χ1n) is 11.1. The van der Waals surface area contributed by atoms with E-state index in [9.17, 15) is 10.6 Å². The number of hydrogen-bond donors (Lipinski definition) is 2. The first kappa shape index (κ1) is 17.5. The Morgan fingerprint density at radius 2 is 2.00 bits per heavy atom. The minimum Gasteiger partial charge on any atom is -0.358 e. The quantitative estimate of drug-likeness (QED) is 0.435. The van der Waals surface area contributed by atoms with Crippen LogP contribution in [0.2, 0.25) is 0 Å². The number of anilines is 1. The monoisotopic (exact) mass is 431 g/mol. The van der Waals surface area contributed by atoms with E-state index in [0.29, 0.717) is 22.7 Å². The highest BCUT2D eigenvalue weighted by atomic mass is 19.1. The highest BCUT2D eigenvalue weighted by molar-refractivity contribution is 5.83. The largest absolute Gasteiger partial charge is 0.358 e. The smallest absolute Gasteiger partial charge is 0.269 e. The lowest BCUT2D eigenvalue weighted by Crippen LogP contribution is -2.28. The molecule has 3 aromatic heterocycles. The summed E-state index contributed by atoms with van der Waals surface area (Å²) in [5.74, 6) is 0.0163. The van der Waals surface area contributed by atoms with Crippen molar-refractivity contribution in [1.82, 2.24) is 29.5 Å². The number of para-hydroxylation sites is 1. The number of rotatable bonds is 5. The minimum absolute atomic E-state index is 0.0651. The van der Waals surface area contributed by atoms with Crippen molar-refractivity contribution >= 4 is 27.9 Å². The molecule has 2 aromatic carbocycles. The Balaban J connectivity index is 1.79. The zero-order valence-corrected chi connectivity index (χ0v) is 17.3. The lowest BCUT2D eigenvalue weighted by molar-refractivity contribution is 0.630. The van der Waals surface area contributed by atoms with Crippen LogP contribution >= 0.6 is 0 Å². The second-order valence-electron chi connectivity index (χ2n) is 7.17. The molecule has 0 aliphatic rings. The number of imidazole rings is 1. The van der Waals surface area contributed by atoms with Gasteiger partial charge in [0.05, 0.1) is 24.9 Å². The van der Waals surface area contributed by atoms with Crippen LogP contribution in [0.25, 0.3) is 27.8 Å². The van der Waals surface area contributed by atoms with Gasteiger partial charge in [-0.05, 0) is 37.6 Å². The molecule has 0 unspecified atom stereocenters. The molecular weight excluding hydrogens is 409 g/mol. The fourth-order valence-corrected chi connectivity index (χ4v) is 3.64. The van der Waals surface area contributed by atoms with Crippen molar-refractivity contribution in [2.75, 3.05) is 5.32 Å². The second-order valence-corrected chi connectivity index (χ2v) is 7.17. The Hall–Kier alpha value is -4.14. The Labute approximate surface area is 185 Å². The highest BCUT2D eigenvalue weighted by Gasteiger charge is 2.23. The van der Waals surface area contributed by atoms with Gasteiger partial charge in [-0.3, -0.25) is 9.36 Å². The average molecular weight is 431 g/mol. The van der Waals surface area contributed by atoms with Crippen molar-refractivity contribution < 1.29 is 7.13 Å². The normalized spacial score (nSPS) is 14.2. The molecular formula is C23H20FN7O. The molecule has 0 aliphatic heterocycles. The van der Waals surface area contributed by atoms with Crippen LogP contribution in [0.5, 0.6) is 0 Å². The van der Waals surface area contributed by atoms with Crippen molar-refractivity contribution in [3.63, 3.8) is 0 Å². The molecule has 8 nitrogen and oxygen atoms in total. The maximum absolute atomic E-state index is 14.7. The maximum Gasteiger partial charge on any atom is 0.269 e. The summed E-state index contributed by atoms with van der Waals surface area (Å²) in [5.41, 5.74) is 0.627. The molecule has 0 bridgehead atoms. The molecule has 5 rings (SSSR count). The van der Waals surface area contributed by atoms with E-state index in [1.54, 1.807) is 50.2 Å². The number of aryl methyl sites for hydroxylation is 1. The minimum atomic E-state index is -1.66. The van der Waals surface area contributed by atoms with Gasteiger partial charge in [-0.2, -0.15) is 0 Å². The third-order valence-electron chi connectivity index (χ3n) is 5.09. The number of fused-ring (bicyclic) bond motifs is 2. The number of nitrogens with one attached hydrogen (secondary N) is 2. The van der Waals surface area contributed by atoms with Gasteiger partial charge < -0.3 is 10.3 Å². The number of nitrogens with zero attached hydrogens (tertiary/aromatic N) is 5. The first-order valence-corrected chi connectivity index (χ1v) is 10.1. The van der Waals surface area contributed by atoms with E-state index in [4.69, 9.17) is 1.37 Å². The van der Waals surface area contributed by atoms with E-state index in [-0.39, 0.29) is 35.3 Å². The number of aromatic nitrogens is 6. The molecule has 32 heavy (non-hydrogen) atoms. The average Bonchev–Trinajstić information content (AvgIpc) is 3.19. The SMILES string of the molecule is [2H]c1nc2c(N[C@@]([2H])(CC)c3nc4cccc(F)c4c(=O)n3-c3ccccc3)nc(C)nc2[nH]1. The van der Waals surface area contributed by atoms with Gasteiger partial charge in [0.1, 0.15) is 29.7 Å². The van der Waals surface area contributed by atoms with E-state index in [1.807, 2.05) is 0 Å². The van der Waals surface area contributed by atoms with E-state index in [1.165, 1.54) is 16.7 Å². The van der Waals surface area contributed by atoms with Crippen molar-refractivity contribution in [1.29, 1.82) is 0 Å². The van der Waals surface area contributed by atoms with Crippen LogP contribution in [-0.4, -0.2) is 29.5 Å². The molecule has 160 valence electrons. The number of H-pyrrole nitrogens is 1. The topological polar surface area (TPSA) is 101 Å². The number of hydrogen-bond acceptors (Lipinski definition) is 6. The Kier molecular flexibility index (Phi) is 4.30. The predicted octanol–water partition coefficient (Wildman–Crippen LogP) is 4.06. The molecule has 5 aromatic rings. The van der Waals surface area contributed by atoms with E-state index < -0.39 is 17.4 Å². The van der Waals surface area contributed by atoms with Crippen LogP contribution in [0.3, 0.4) is 0 Å². The highest BCUT2D eigenvalue weighted by Crippen LogP contribution is 2.26. The van der Waals surface area contributed by atoms with Crippen LogP contribution in [0, 0.1) is 12.7 Å². The van der Waals surface area contributed by atoms with Crippen molar-refractivity contribution in [3.05, 3.63) is 82.7 Å². The molecule has 0 radical (unpaired) electrons. The zero-order valence-electron chi connectivity index (χ0n) is 19.3. The molecule has 1 atom stereocenters. The fraction of sp³-hybridized carbons (Fsp3) is 0.174. The van der Waals surface area contributed by atoms with Gasteiger partial charge in [0.2, 0.25) is 0 Å². The van der Waals surface area contributed by atoms with Crippen LogP contribution < -0.4 is 10.9 Å². The molecule has 0 spiro atoms. The van der Waals surface area contributed by atoms with Gasteiger partial charge in [-0.15, -0.1) is 0 Å². The first-order chi connectivity index (χ1) is 16.3. The molecule has 0 saturated carbocycles. The summed E-state index contributed by atoms with van der Waals surface area (Å²) in [7, 11) is 0. The zero-order chi connectivity index (χ0) is 24.0. The maximum atomic E-state index is 14.7. The van der Waals surface area contributed by atoms with Gasteiger partial charge in [-0.25, -0.2) is 24.3 Å². The molecule has 0 saturated heterocycles. The molecule has 3 heterocycles. The summed E-state index contributed by atoms with van der Waals surface area (Å²) < 4.78 is 33.1. The summed E-state index contributed by atoms with van der Waals surface area (Å²) in [6.07, 6.45) is 0.0843. The van der Waals surface area contributed by atoms with Crippen LogP contribution in [0.1, 0.15) is 33.8 Å². The third-order valence-corrected chi connectivity index (χ3v) is 5.09.